The molecule has 2 unspecified atom stereocenters. The Labute approximate surface area is 380 Å². The molecule has 0 spiro atoms. The first-order valence-electron chi connectivity index (χ1n) is 22.0. The second-order valence-corrected chi connectivity index (χ2v) is 19.9. The van der Waals surface area contributed by atoms with Gasteiger partial charge in [-0.3, -0.25) is 19.6 Å². The highest BCUT2D eigenvalue weighted by Crippen LogP contribution is 2.44. The van der Waals surface area contributed by atoms with Gasteiger partial charge in [-0.05, 0) is 138 Å². The number of anilines is 4. The number of benzene rings is 2. The summed E-state index contributed by atoms with van der Waals surface area (Å²) in [5, 5.41) is 18.5. The maximum Gasteiger partial charge on any atom is 0.306 e. The molecule has 2 aliphatic carbocycles. The molecule has 14 nitrogen and oxygen atoms in total. The molecule has 0 radical (unpaired) electrons. The van der Waals surface area contributed by atoms with Crippen LogP contribution in [0.4, 0.5) is 23.0 Å². The van der Waals surface area contributed by atoms with E-state index in [2.05, 4.69) is 72.6 Å². The van der Waals surface area contributed by atoms with E-state index in [0.29, 0.717) is 25.9 Å². The van der Waals surface area contributed by atoms with E-state index in [4.69, 9.17) is 9.47 Å². The number of aryl methyl sites for hydroxylation is 2. The zero-order valence-electron chi connectivity index (χ0n) is 37.2. The van der Waals surface area contributed by atoms with E-state index in [1.165, 1.54) is 21.6 Å². The van der Waals surface area contributed by atoms with Gasteiger partial charge in [0.25, 0.3) is 0 Å². The van der Waals surface area contributed by atoms with Crippen LogP contribution in [0.25, 0.3) is 20.4 Å². The number of aromatic nitrogens is 4. The van der Waals surface area contributed by atoms with Crippen LogP contribution in [0.2, 0.25) is 0 Å². The van der Waals surface area contributed by atoms with Crippen molar-refractivity contribution in [1.29, 1.82) is 0 Å². The molecule has 0 bridgehead atoms. The minimum absolute atomic E-state index is 0.0272. The number of carbonyl (C=O) groups is 2. The second-order valence-electron chi connectivity index (χ2n) is 17.7. The minimum atomic E-state index is -0.724. The Bertz CT molecular complexity index is 2850. The molecule has 2 aromatic carbocycles. The number of nitrogens with one attached hydrogen (secondary N) is 2. The largest absolute Gasteiger partial charge is 0.489 e. The van der Waals surface area contributed by atoms with E-state index < -0.39 is 5.97 Å². The number of aliphatic carboxylic acids is 1. The van der Waals surface area contributed by atoms with Crippen LogP contribution >= 0.6 is 22.7 Å². The molecule has 10 rings (SSSR count). The van der Waals surface area contributed by atoms with Gasteiger partial charge in [-0.15, -0.1) is 22.7 Å². The number of carboxylic acids is 1. The Kier molecular flexibility index (Phi) is 12.1. The van der Waals surface area contributed by atoms with Crippen molar-refractivity contribution in [3.05, 3.63) is 80.1 Å². The van der Waals surface area contributed by atoms with Crippen LogP contribution in [0.5, 0.6) is 11.5 Å². The van der Waals surface area contributed by atoms with E-state index in [1.807, 2.05) is 58.1 Å². The zero-order chi connectivity index (χ0) is 44.8. The van der Waals surface area contributed by atoms with Gasteiger partial charge in [-0.1, -0.05) is 0 Å². The summed E-state index contributed by atoms with van der Waals surface area (Å²) in [6, 6.07) is 8.47. The summed E-state index contributed by atoms with van der Waals surface area (Å²) in [7, 11) is 1.90. The van der Waals surface area contributed by atoms with Gasteiger partial charge in [0.2, 0.25) is 5.91 Å². The smallest absolute Gasteiger partial charge is 0.306 e. The van der Waals surface area contributed by atoms with E-state index in [9.17, 15) is 14.7 Å². The van der Waals surface area contributed by atoms with Gasteiger partial charge >= 0.3 is 5.97 Å². The molecule has 64 heavy (non-hydrogen) atoms. The van der Waals surface area contributed by atoms with E-state index in [0.717, 1.165) is 102 Å². The quantitative estimate of drug-likeness (QED) is 0.113. The standard InChI is InChI=1S/C26H31N5O2S.C22H22N4O3S/c1-14(2)31(5)26(32)16-6-7-19-22(10-16)34-25-23(19)24(28-13-29-25)30-20-8-17-11-27-12-18(17)9-21(20)33-15(3)4;1-11(2)29-17-6-14-9-23-8-13(14)5-16(17)26-20-19-15-4-3-12(22(27)28)7-18(15)30-21(19)25-10-24-20/h8-9,11,13-16H,6-7,10,12H2,1-5H3,(H,28,29,30);5-6,8,10-12H,3-4,7,9H2,1-2H3,(H,27,28)(H,24,25,26). The van der Waals surface area contributed by atoms with E-state index in [1.54, 1.807) is 35.3 Å². The first-order chi connectivity index (χ1) is 30.8. The number of rotatable bonds is 11. The summed E-state index contributed by atoms with van der Waals surface area (Å²) in [5.74, 6) is 2.31. The molecule has 332 valence electrons. The lowest BCUT2D eigenvalue weighted by Crippen LogP contribution is -2.39. The Hall–Kier alpha value is -6.00. The second kappa shape index (κ2) is 17.9. The maximum atomic E-state index is 13.0. The Morgan fingerprint density at radius 2 is 1.17 bits per heavy atom. The summed E-state index contributed by atoms with van der Waals surface area (Å²) < 4.78 is 12.2. The monoisotopic (exact) mass is 899 g/mol. The number of nitrogens with zero attached hydrogens (tertiary/aromatic N) is 7. The van der Waals surface area contributed by atoms with Crippen LogP contribution in [-0.2, 0) is 48.4 Å². The molecule has 3 N–H and O–H groups in total. The fraction of sp³-hybridized carbons (Fsp3) is 0.417. The number of carboxylic acid groups (broad SMARTS) is 1. The molecule has 2 aliphatic heterocycles. The van der Waals surface area contributed by atoms with Crippen LogP contribution < -0.4 is 20.1 Å². The summed E-state index contributed by atoms with van der Waals surface area (Å²) in [4.78, 5) is 57.4. The Morgan fingerprint density at radius 3 is 1.62 bits per heavy atom. The molecule has 0 fully saturated rings. The lowest BCUT2D eigenvalue weighted by Gasteiger charge is -2.29. The number of fused-ring (bicyclic) bond motifs is 8. The number of hydrogen-bond acceptors (Lipinski definition) is 14. The van der Waals surface area contributed by atoms with Gasteiger partial charge < -0.3 is 30.1 Å². The van der Waals surface area contributed by atoms with Crippen molar-refractivity contribution in [2.24, 2.45) is 21.8 Å². The lowest BCUT2D eigenvalue weighted by molar-refractivity contribution is -0.142. The molecular formula is C48H53N9O5S2. The number of thiophene rings is 2. The third-order valence-corrected chi connectivity index (χ3v) is 14.5. The SMILES string of the molecule is CC(C)Oc1cc2c(cc1Nc1ncnc3sc4c(c13)CCC(C(=O)N(C)C(C)C)C4)C=NC2.CC(C)Oc1cc2c(cc1Nc1ncnc3sc4c(c13)CCC(C(=O)O)C4)C=NC2. The van der Waals surface area contributed by atoms with Gasteiger partial charge in [0.1, 0.15) is 45.5 Å². The molecular weight excluding hydrogens is 847 g/mol. The average molecular weight is 900 g/mol. The topological polar surface area (TPSA) is 176 Å². The van der Waals surface area contributed by atoms with Crippen molar-refractivity contribution < 1.29 is 24.2 Å². The molecule has 16 heteroatoms. The zero-order valence-corrected chi connectivity index (χ0v) is 38.8. The minimum Gasteiger partial charge on any atom is -0.489 e. The van der Waals surface area contributed by atoms with Crippen LogP contribution in [-0.4, -0.2) is 79.5 Å². The molecule has 2 atom stereocenters. The van der Waals surface area contributed by atoms with Gasteiger partial charge in [0, 0.05) is 41.2 Å². The molecule has 0 saturated heterocycles. The highest BCUT2D eigenvalue weighted by Gasteiger charge is 2.32. The first-order valence-corrected chi connectivity index (χ1v) is 23.6. The van der Waals surface area contributed by atoms with Gasteiger partial charge in [-0.25, -0.2) is 19.9 Å². The molecule has 1 amide bonds. The van der Waals surface area contributed by atoms with Gasteiger partial charge in [-0.2, -0.15) is 0 Å². The van der Waals surface area contributed by atoms with Crippen LogP contribution in [0, 0.1) is 11.8 Å². The number of carbonyl (C=O) groups excluding carboxylic acids is 1. The van der Waals surface area contributed by atoms with Crippen LogP contribution in [0.1, 0.15) is 97.5 Å². The highest BCUT2D eigenvalue weighted by atomic mass is 32.1. The summed E-state index contributed by atoms with van der Waals surface area (Å²) >= 11 is 3.26. The predicted octanol–water partition coefficient (Wildman–Crippen LogP) is 9.47. The number of ether oxygens (including phenoxy) is 2. The van der Waals surface area contributed by atoms with Crippen molar-refractivity contribution >= 4 is 90.4 Å². The van der Waals surface area contributed by atoms with Crippen LogP contribution in [0.15, 0.2) is 46.9 Å². The fourth-order valence-corrected chi connectivity index (χ4v) is 11.3. The van der Waals surface area contributed by atoms with Crippen molar-refractivity contribution in [3.63, 3.8) is 0 Å². The third kappa shape index (κ3) is 8.64. The molecule has 4 aliphatic rings. The van der Waals surface area contributed by atoms with Gasteiger partial charge in [0.15, 0.2) is 0 Å². The normalized spacial score (nSPS) is 17.0. The first kappa shape index (κ1) is 43.3. The highest BCUT2D eigenvalue weighted by molar-refractivity contribution is 7.19. The van der Waals surface area contributed by atoms with Gasteiger partial charge in [0.05, 0.1) is 53.4 Å². The summed E-state index contributed by atoms with van der Waals surface area (Å²) in [5.41, 5.74) is 8.67. The fourth-order valence-electron chi connectivity index (χ4n) is 8.80. The van der Waals surface area contributed by atoms with Crippen LogP contribution in [0.3, 0.4) is 0 Å². The number of aliphatic imine (C=N–C) groups is 2. The van der Waals surface area contributed by atoms with Crippen molar-refractivity contribution in [2.75, 3.05) is 17.7 Å². The maximum absolute atomic E-state index is 13.0. The Balaban J connectivity index is 0.000000163. The third-order valence-electron chi connectivity index (χ3n) is 12.2. The Morgan fingerprint density at radius 1 is 0.703 bits per heavy atom. The molecule has 0 saturated carbocycles. The van der Waals surface area contributed by atoms with E-state index >= 15 is 0 Å². The summed E-state index contributed by atoms with van der Waals surface area (Å²) in [6.45, 7) is 13.5. The van der Waals surface area contributed by atoms with E-state index in [-0.39, 0.29) is 36.0 Å². The molecule has 6 heterocycles. The van der Waals surface area contributed by atoms with Crippen molar-refractivity contribution in [1.82, 2.24) is 24.8 Å². The number of amides is 1. The van der Waals surface area contributed by atoms with Crippen molar-refractivity contribution in [2.45, 2.75) is 111 Å². The van der Waals surface area contributed by atoms with Crippen molar-refractivity contribution in [3.8, 4) is 11.5 Å². The number of hydrogen-bond donors (Lipinski definition) is 3. The lowest BCUT2D eigenvalue weighted by atomic mass is 9.86. The molecule has 6 aromatic rings. The summed E-state index contributed by atoms with van der Waals surface area (Å²) in [6.07, 6.45) is 11.4. The predicted molar refractivity (Wildman–Crippen MR) is 255 cm³/mol. The molecule has 4 aromatic heterocycles. The average Bonchev–Trinajstić information content (AvgIpc) is 4.07.